The number of para-hydroxylation sites is 1. The van der Waals surface area contributed by atoms with E-state index in [1.54, 1.807) is 23.2 Å². The number of hydrogen-bond donors (Lipinski definition) is 1. The molecule has 2 heterocycles. The van der Waals surface area contributed by atoms with Gasteiger partial charge in [0.15, 0.2) is 0 Å². The summed E-state index contributed by atoms with van der Waals surface area (Å²) >= 11 is 0. The molecule has 0 saturated carbocycles. The Hall–Kier alpha value is -2.40. The van der Waals surface area contributed by atoms with Gasteiger partial charge in [-0.15, -0.1) is 0 Å². The summed E-state index contributed by atoms with van der Waals surface area (Å²) in [6, 6.07) is 9.27. The van der Waals surface area contributed by atoms with Crippen LogP contribution < -0.4 is 5.56 Å². The Bertz CT molecular complexity index is 822. The number of hydrogen-bond acceptors (Lipinski definition) is 4. The highest BCUT2D eigenvalue weighted by atomic mass is 16.3. The van der Waals surface area contributed by atoms with Crippen molar-refractivity contribution in [2.24, 2.45) is 5.92 Å². The molecule has 1 N–H and O–H groups in total. The lowest BCUT2D eigenvalue weighted by Gasteiger charge is -2.15. The minimum atomic E-state index is -0.0899. The minimum absolute atomic E-state index is 0.0149. The van der Waals surface area contributed by atoms with Crippen molar-refractivity contribution < 1.29 is 9.52 Å². The highest BCUT2D eigenvalue weighted by Crippen LogP contribution is 2.14. The second-order valence-corrected chi connectivity index (χ2v) is 5.51. The van der Waals surface area contributed by atoms with Gasteiger partial charge in [-0.25, -0.2) is 4.98 Å². The topological polar surface area (TPSA) is 68.3 Å². The Balaban J connectivity index is 1.90. The molecule has 5 nitrogen and oxygen atoms in total. The SMILES string of the molecule is Cc1cccc2c(=O)n(C[C@@H](CO)Cc3ccco3)cnc12. The van der Waals surface area contributed by atoms with Crippen molar-refractivity contribution in [3.8, 4) is 0 Å². The molecule has 0 aliphatic carbocycles. The van der Waals surface area contributed by atoms with E-state index in [1.807, 2.05) is 31.2 Å². The van der Waals surface area contributed by atoms with Gasteiger partial charge in [-0.3, -0.25) is 9.36 Å². The van der Waals surface area contributed by atoms with Crippen LogP contribution in [0.5, 0.6) is 0 Å². The monoisotopic (exact) mass is 298 g/mol. The second kappa shape index (κ2) is 6.15. The zero-order chi connectivity index (χ0) is 15.5. The highest BCUT2D eigenvalue weighted by molar-refractivity contribution is 5.80. The first-order valence-corrected chi connectivity index (χ1v) is 7.27. The number of aliphatic hydroxyl groups is 1. The summed E-state index contributed by atoms with van der Waals surface area (Å²) in [7, 11) is 0. The van der Waals surface area contributed by atoms with Gasteiger partial charge in [-0.1, -0.05) is 12.1 Å². The lowest BCUT2D eigenvalue weighted by Crippen LogP contribution is -2.27. The lowest BCUT2D eigenvalue weighted by molar-refractivity contribution is 0.203. The van der Waals surface area contributed by atoms with E-state index in [9.17, 15) is 9.90 Å². The van der Waals surface area contributed by atoms with E-state index < -0.39 is 0 Å². The molecule has 0 fully saturated rings. The van der Waals surface area contributed by atoms with Gasteiger partial charge in [0.2, 0.25) is 0 Å². The molecule has 0 saturated heterocycles. The van der Waals surface area contributed by atoms with Crippen molar-refractivity contribution in [2.45, 2.75) is 19.9 Å². The standard InChI is InChI=1S/C17H18N2O3/c1-12-4-2-6-15-16(12)18-11-19(17(15)21)9-13(10-20)8-14-5-3-7-22-14/h2-7,11,13,20H,8-10H2,1H3/t13-/m0/s1. The molecule has 1 atom stereocenters. The van der Waals surface area contributed by atoms with Gasteiger partial charge >= 0.3 is 0 Å². The van der Waals surface area contributed by atoms with Gasteiger partial charge in [0, 0.05) is 25.5 Å². The first-order valence-electron chi connectivity index (χ1n) is 7.27. The van der Waals surface area contributed by atoms with E-state index in [4.69, 9.17) is 4.42 Å². The smallest absolute Gasteiger partial charge is 0.261 e. The van der Waals surface area contributed by atoms with Crippen LogP contribution in [0.2, 0.25) is 0 Å². The van der Waals surface area contributed by atoms with Gasteiger partial charge in [-0.05, 0) is 30.7 Å². The third-order valence-electron chi connectivity index (χ3n) is 3.84. The summed E-state index contributed by atoms with van der Waals surface area (Å²) in [6.07, 6.45) is 3.75. The number of fused-ring (bicyclic) bond motifs is 1. The van der Waals surface area contributed by atoms with E-state index >= 15 is 0 Å². The van der Waals surface area contributed by atoms with Crippen LogP contribution in [-0.4, -0.2) is 21.3 Å². The predicted molar refractivity (Wildman–Crippen MR) is 83.7 cm³/mol. The Morgan fingerprint density at radius 3 is 2.91 bits per heavy atom. The summed E-state index contributed by atoms with van der Waals surface area (Å²) in [5.74, 6) is 0.713. The third-order valence-corrected chi connectivity index (χ3v) is 3.84. The van der Waals surface area contributed by atoms with Crippen LogP contribution in [0.25, 0.3) is 10.9 Å². The third kappa shape index (κ3) is 2.80. The summed E-state index contributed by atoms with van der Waals surface area (Å²) < 4.78 is 6.87. The fraction of sp³-hybridized carbons (Fsp3) is 0.294. The molecule has 22 heavy (non-hydrogen) atoms. The van der Waals surface area contributed by atoms with E-state index in [2.05, 4.69) is 4.98 Å². The van der Waals surface area contributed by atoms with Crippen LogP contribution in [0.4, 0.5) is 0 Å². The van der Waals surface area contributed by atoms with Gasteiger partial charge < -0.3 is 9.52 Å². The van der Waals surface area contributed by atoms with E-state index in [0.717, 1.165) is 16.8 Å². The lowest BCUT2D eigenvalue weighted by atomic mass is 10.0. The Morgan fingerprint density at radius 1 is 1.32 bits per heavy atom. The molecular weight excluding hydrogens is 280 g/mol. The number of rotatable bonds is 5. The fourth-order valence-electron chi connectivity index (χ4n) is 2.65. The number of benzene rings is 1. The summed E-state index contributed by atoms with van der Waals surface area (Å²) in [4.78, 5) is 16.9. The maximum atomic E-state index is 12.6. The van der Waals surface area contributed by atoms with Crippen LogP contribution in [-0.2, 0) is 13.0 Å². The van der Waals surface area contributed by atoms with E-state index in [1.165, 1.54) is 0 Å². The summed E-state index contributed by atoms with van der Waals surface area (Å²) in [5.41, 5.74) is 1.64. The number of nitrogens with zero attached hydrogens (tertiary/aromatic N) is 2. The number of aryl methyl sites for hydroxylation is 1. The van der Waals surface area contributed by atoms with Gasteiger partial charge in [0.1, 0.15) is 5.76 Å². The summed E-state index contributed by atoms with van der Waals surface area (Å²) in [5, 5.41) is 10.2. The molecule has 0 unspecified atom stereocenters. The Labute approximate surface area is 127 Å². The summed E-state index contributed by atoms with van der Waals surface area (Å²) in [6.45, 7) is 2.33. The molecule has 0 bridgehead atoms. The number of aromatic nitrogens is 2. The molecule has 0 radical (unpaired) electrons. The molecule has 5 heteroatoms. The molecule has 3 rings (SSSR count). The first kappa shape index (κ1) is 14.5. The Morgan fingerprint density at radius 2 is 2.18 bits per heavy atom. The van der Waals surface area contributed by atoms with Crippen molar-refractivity contribution in [1.82, 2.24) is 9.55 Å². The van der Waals surface area contributed by atoms with E-state index in [0.29, 0.717) is 18.4 Å². The molecule has 114 valence electrons. The van der Waals surface area contributed by atoms with Gasteiger partial charge in [0.25, 0.3) is 5.56 Å². The Kier molecular flexibility index (Phi) is 4.06. The van der Waals surface area contributed by atoms with Crippen LogP contribution >= 0.6 is 0 Å². The quantitative estimate of drug-likeness (QED) is 0.783. The van der Waals surface area contributed by atoms with Crippen LogP contribution in [0.1, 0.15) is 11.3 Å². The van der Waals surface area contributed by atoms with Crippen molar-refractivity contribution in [3.05, 3.63) is 64.6 Å². The van der Waals surface area contributed by atoms with Gasteiger partial charge in [-0.2, -0.15) is 0 Å². The van der Waals surface area contributed by atoms with Crippen molar-refractivity contribution in [3.63, 3.8) is 0 Å². The largest absolute Gasteiger partial charge is 0.469 e. The highest BCUT2D eigenvalue weighted by Gasteiger charge is 2.14. The van der Waals surface area contributed by atoms with E-state index in [-0.39, 0.29) is 18.1 Å². The van der Waals surface area contributed by atoms with Crippen molar-refractivity contribution in [2.75, 3.05) is 6.61 Å². The van der Waals surface area contributed by atoms with Gasteiger partial charge in [0.05, 0.1) is 23.5 Å². The molecular formula is C17H18N2O3. The average Bonchev–Trinajstić information content (AvgIpc) is 3.03. The number of furan rings is 1. The number of aliphatic hydroxyl groups excluding tert-OH is 1. The average molecular weight is 298 g/mol. The predicted octanol–water partition coefficient (Wildman–Crippen LogP) is 2.15. The zero-order valence-corrected chi connectivity index (χ0v) is 12.4. The first-order chi connectivity index (χ1) is 10.7. The van der Waals surface area contributed by atoms with Crippen LogP contribution in [0.3, 0.4) is 0 Å². The van der Waals surface area contributed by atoms with Crippen LogP contribution in [0, 0.1) is 12.8 Å². The normalized spacial score (nSPS) is 12.6. The van der Waals surface area contributed by atoms with Crippen molar-refractivity contribution >= 4 is 10.9 Å². The molecule has 0 amide bonds. The molecule has 0 aliphatic heterocycles. The second-order valence-electron chi connectivity index (χ2n) is 5.51. The maximum absolute atomic E-state index is 12.6. The molecule has 3 aromatic rings. The molecule has 2 aromatic heterocycles. The molecule has 0 spiro atoms. The maximum Gasteiger partial charge on any atom is 0.261 e. The molecule has 1 aromatic carbocycles. The van der Waals surface area contributed by atoms with Crippen LogP contribution in [0.15, 0.2) is 52.1 Å². The molecule has 0 aliphatic rings. The van der Waals surface area contributed by atoms with Crippen molar-refractivity contribution in [1.29, 1.82) is 0 Å². The minimum Gasteiger partial charge on any atom is -0.469 e. The zero-order valence-electron chi connectivity index (χ0n) is 12.4. The fourth-order valence-corrected chi connectivity index (χ4v) is 2.65.